The molecule has 0 N–H and O–H groups in total. The lowest BCUT2D eigenvalue weighted by molar-refractivity contribution is 0.313. The van der Waals surface area contributed by atoms with Crippen molar-refractivity contribution in [1.29, 1.82) is 0 Å². The number of hydrogen-bond acceptors (Lipinski definition) is 6. The molecule has 0 aromatic rings. The van der Waals surface area contributed by atoms with Gasteiger partial charge in [-0.3, -0.25) is 0 Å². The number of rotatable bonds is 5. The van der Waals surface area contributed by atoms with E-state index in [0.717, 1.165) is 13.0 Å². The molecule has 5 nitrogen and oxygen atoms in total. The smallest absolute Gasteiger partial charge is 0.207 e. The molecule has 0 aliphatic carbocycles. The Morgan fingerprint density at radius 1 is 1.36 bits per heavy atom. The molecule has 0 saturated heterocycles. The Bertz CT molecular complexity index is 226. The molecule has 0 saturated carbocycles. The van der Waals surface area contributed by atoms with Crippen molar-refractivity contribution in [2.75, 3.05) is 20.6 Å². The number of hydrogen-bond donors (Lipinski definition) is 1. The fraction of sp³-hybridized carbons (Fsp3) is 0.875. The average molecular weight is 214 g/mol. The number of nitrogens with zero attached hydrogens (tertiary/aromatic N) is 5. The van der Waals surface area contributed by atoms with E-state index in [1.807, 2.05) is 14.1 Å². The fourth-order valence-corrected chi connectivity index (χ4v) is 1.47. The van der Waals surface area contributed by atoms with E-state index in [-0.39, 0.29) is 5.25 Å². The standard InChI is InChI=1S/C8H16N5S/c1-4-7(14)8(5-6-13(2)3)9-11-12-10-8/h7,14H,1,4-6H2,2-3H3. The van der Waals surface area contributed by atoms with Crippen LogP contribution in [0.5, 0.6) is 0 Å². The quantitative estimate of drug-likeness (QED) is 0.699. The molecule has 0 amide bonds. The lowest BCUT2D eigenvalue weighted by Gasteiger charge is -2.26. The molecule has 1 radical (unpaired) electrons. The van der Waals surface area contributed by atoms with Crippen molar-refractivity contribution in [3.63, 3.8) is 0 Å². The summed E-state index contributed by atoms with van der Waals surface area (Å²) in [5.74, 6) is 0. The molecule has 1 heterocycles. The Kier molecular flexibility index (Phi) is 4.00. The van der Waals surface area contributed by atoms with Crippen LogP contribution in [0.15, 0.2) is 20.7 Å². The summed E-state index contributed by atoms with van der Waals surface area (Å²) in [7, 11) is 4.02. The zero-order valence-electron chi connectivity index (χ0n) is 8.59. The van der Waals surface area contributed by atoms with Gasteiger partial charge in [-0.1, -0.05) is 6.92 Å². The maximum absolute atomic E-state index is 4.42. The van der Waals surface area contributed by atoms with Crippen LogP contribution in [-0.4, -0.2) is 36.5 Å². The van der Waals surface area contributed by atoms with Gasteiger partial charge < -0.3 is 4.90 Å². The van der Waals surface area contributed by atoms with Crippen molar-refractivity contribution in [2.45, 2.75) is 23.8 Å². The van der Waals surface area contributed by atoms with Gasteiger partial charge in [-0.15, -0.1) is 10.2 Å². The van der Waals surface area contributed by atoms with E-state index in [0.29, 0.717) is 6.42 Å². The summed E-state index contributed by atoms with van der Waals surface area (Å²) in [5.41, 5.74) is -0.588. The van der Waals surface area contributed by atoms with Gasteiger partial charge in [0.25, 0.3) is 0 Å². The van der Waals surface area contributed by atoms with E-state index in [1.54, 1.807) is 0 Å². The highest BCUT2D eigenvalue weighted by atomic mass is 32.1. The van der Waals surface area contributed by atoms with Gasteiger partial charge in [0.15, 0.2) is 0 Å². The first-order chi connectivity index (χ1) is 6.60. The molecule has 0 aromatic heterocycles. The molecule has 79 valence electrons. The van der Waals surface area contributed by atoms with E-state index in [4.69, 9.17) is 0 Å². The van der Waals surface area contributed by atoms with Crippen LogP contribution in [0.3, 0.4) is 0 Å². The average Bonchev–Trinajstić information content (AvgIpc) is 2.63. The summed E-state index contributed by atoms with van der Waals surface area (Å²) in [6, 6.07) is 0. The lowest BCUT2D eigenvalue weighted by atomic mass is 10.0. The Balaban J connectivity index is 2.64. The van der Waals surface area contributed by atoms with Crippen LogP contribution in [0.4, 0.5) is 0 Å². The van der Waals surface area contributed by atoms with Gasteiger partial charge in [0.2, 0.25) is 5.66 Å². The summed E-state index contributed by atoms with van der Waals surface area (Å²) in [5, 5.41) is 15.2. The molecule has 0 fully saturated rings. The Labute approximate surface area is 90.1 Å². The molecule has 0 bridgehead atoms. The van der Waals surface area contributed by atoms with Gasteiger partial charge in [-0.2, -0.15) is 12.6 Å². The van der Waals surface area contributed by atoms with Crippen LogP contribution < -0.4 is 0 Å². The summed E-state index contributed by atoms with van der Waals surface area (Å²) in [4.78, 5) is 2.08. The fourth-order valence-electron chi connectivity index (χ4n) is 1.23. The van der Waals surface area contributed by atoms with Gasteiger partial charge >= 0.3 is 0 Å². The van der Waals surface area contributed by atoms with E-state index in [2.05, 4.69) is 45.1 Å². The van der Waals surface area contributed by atoms with Crippen molar-refractivity contribution >= 4 is 12.6 Å². The molecule has 1 unspecified atom stereocenters. The van der Waals surface area contributed by atoms with Crippen molar-refractivity contribution in [3.8, 4) is 0 Å². The largest absolute Gasteiger partial charge is 0.309 e. The van der Waals surface area contributed by atoms with Crippen molar-refractivity contribution in [1.82, 2.24) is 4.90 Å². The predicted octanol–water partition coefficient (Wildman–Crippen LogP) is 1.99. The van der Waals surface area contributed by atoms with E-state index in [1.165, 1.54) is 0 Å². The topological polar surface area (TPSA) is 52.7 Å². The van der Waals surface area contributed by atoms with Crippen molar-refractivity contribution < 1.29 is 0 Å². The first-order valence-electron chi connectivity index (χ1n) is 4.57. The molecular weight excluding hydrogens is 198 g/mol. The first-order valence-corrected chi connectivity index (χ1v) is 5.08. The van der Waals surface area contributed by atoms with E-state index < -0.39 is 5.66 Å². The van der Waals surface area contributed by atoms with Gasteiger partial charge in [0.1, 0.15) is 0 Å². The monoisotopic (exact) mass is 214 g/mol. The zero-order valence-corrected chi connectivity index (χ0v) is 9.48. The van der Waals surface area contributed by atoms with Crippen LogP contribution in [0.25, 0.3) is 0 Å². The maximum atomic E-state index is 4.42. The van der Waals surface area contributed by atoms with E-state index in [9.17, 15) is 0 Å². The molecule has 14 heavy (non-hydrogen) atoms. The third kappa shape index (κ3) is 2.51. The van der Waals surface area contributed by atoms with Crippen LogP contribution in [-0.2, 0) is 0 Å². The SMILES string of the molecule is [CH2]CC(S)C1(CCN(C)C)N=NN=N1. The third-order valence-electron chi connectivity index (χ3n) is 2.21. The van der Waals surface area contributed by atoms with Gasteiger partial charge in [-0.05, 0) is 31.0 Å². The van der Waals surface area contributed by atoms with E-state index >= 15 is 0 Å². The Hall–Kier alpha value is -0.490. The highest BCUT2D eigenvalue weighted by Crippen LogP contribution is 2.33. The van der Waals surface area contributed by atoms with Gasteiger partial charge in [0.05, 0.1) is 5.25 Å². The molecule has 1 atom stereocenters. The van der Waals surface area contributed by atoms with Gasteiger partial charge in [0, 0.05) is 13.0 Å². The first kappa shape index (κ1) is 11.6. The summed E-state index contributed by atoms with van der Waals surface area (Å²) >= 11 is 4.42. The van der Waals surface area contributed by atoms with Crippen molar-refractivity contribution in [3.05, 3.63) is 6.92 Å². The highest BCUT2D eigenvalue weighted by Gasteiger charge is 2.38. The van der Waals surface area contributed by atoms with Crippen LogP contribution >= 0.6 is 12.6 Å². The van der Waals surface area contributed by atoms with Gasteiger partial charge in [-0.25, -0.2) is 0 Å². The Morgan fingerprint density at radius 2 is 1.93 bits per heavy atom. The minimum absolute atomic E-state index is 0.0163. The molecule has 6 heteroatoms. The zero-order chi connectivity index (χ0) is 10.6. The predicted molar refractivity (Wildman–Crippen MR) is 58.4 cm³/mol. The second kappa shape index (κ2) is 4.84. The van der Waals surface area contributed by atoms with Crippen LogP contribution in [0, 0.1) is 6.92 Å². The molecule has 1 aliphatic rings. The van der Waals surface area contributed by atoms with Crippen molar-refractivity contribution in [2.24, 2.45) is 20.7 Å². The highest BCUT2D eigenvalue weighted by molar-refractivity contribution is 7.81. The third-order valence-corrected chi connectivity index (χ3v) is 2.88. The molecule has 1 rings (SSSR count). The molecule has 1 aliphatic heterocycles. The maximum Gasteiger partial charge on any atom is 0.207 e. The minimum atomic E-state index is -0.588. The Morgan fingerprint density at radius 3 is 2.36 bits per heavy atom. The summed E-state index contributed by atoms with van der Waals surface area (Å²) < 4.78 is 0. The number of thiol groups is 1. The lowest BCUT2D eigenvalue weighted by Crippen LogP contribution is -2.36. The molecular formula is C8H16N5S. The second-order valence-electron chi connectivity index (χ2n) is 3.62. The second-order valence-corrected chi connectivity index (χ2v) is 4.24. The van der Waals surface area contributed by atoms with Crippen LogP contribution in [0.1, 0.15) is 12.8 Å². The normalized spacial score (nSPS) is 20.6. The minimum Gasteiger partial charge on any atom is -0.309 e. The molecule has 0 spiro atoms. The summed E-state index contributed by atoms with van der Waals surface area (Å²) in [6.45, 7) is 4.69. The molecule has 0 aromatic carbocycles. The van der Waals surface area contributed by atoms with Crippen LogP contribution in [0.2, 0.25) is 0 Å². The summed E-state index contributed by atoms with van der Waals surface area (Å²) in [6.07, 6.45) is 1.44.